The maximum Gasteiger partial charge on any atom is 0.272 e. The van der Waals surface area contributed by atoms with Crippen molar-refractivity contribution < 1.29 is 14.3 Å². The van der Waals surface area contributed by atoms with Crippen molar-refractivity contribution in [2.75, 3.05) is 53.4 Å². The quantitative estimate of drug-likeness (QED) is 0.399. The van der Waals surface area contributed by atoms with Crippen LogP contribution >= 0.6 is 0 Å². The summed E-state index contributed by atoms with van der Waals surface area (Å²) < 4.78 is 11.7. The van der Waals surface area contributed by atoms with E-state index in [0.717, 1.165) is 60.8 Å². The van der Waals surface area contributed by atoms with Gasteiger partial charge in [0.2, 0.25) is 0 Å². The van der Waals surface area contributed by atoms with Crippen molar-refractivity contribution in [2.45, 2.75) is 38.8 Å². The number of likely N-dealkylation sites (tertiary alicyclic amines) is 1. The zero-order valence-electron chi connectivity index (χ0n) is 23.6. The molecular weight excluding hydrogens is 488 g/mol. The highest BCUT2D eigenvalue weighted by Crippen LogP contribution is 2.35. The summed E-state index contributed by atoms with van der Waals surface area (Å²) in [6.07, 6.45) is 2.80. The minimum Gasteiger partial charge on any atom is -0.493 e. The lowest BCUT2D eigenvalue weighted by molar-refractivity contribution is 0.0595. The summed E-state index contributed by atoms with van der Waals surface area (Å²) in [6.45, 7) is 10.4. The first-order valence-corrected chi connectivity index (χ1v) is 14.0. The molecule has 1 amide bonds. The number of likely N-dealkylation sites (N-methyl/N-ethyl adjacent to an activating group) is 1. The van der Waals surface area contributed by atoms with Crippen LogP contribution in [0.2, 0.25) is 0 Å². The highest BCUT2D eigenvalue weighted by molar-refractivity contribution is 5.93. The fourth-order valence-corrected chi connectivity index (χ4v) is 5.35. The van der Waals surface area contributed by atoms with E-state index in [1.54, 1.807) is 13.3 Å². The second-order valence-corrected chi connectivity index (χ2v) is 10.8. The topological polar surface area (TPSA) is 58.1 Å². The molecule has 1 unspecified atom stereocenters. The standard InChI is InChI=1S/C32H40N4O3/c1-5-24-6-8-25(9-7-24)22-39-30-11-10-27(19-31(30)38-4)28-20-36(21-28)32(37)29-18-26(12-13-33-29)23(2)35-16-14-34(3)15-17-35/h6-13,18-19,23,28H,5,14-17,20-22H2,1-4H3. The number of carbonyl (C=O) groups is 1. The van der Waals surface area contributed by atoms with Gasteiger partial charge in [-0.1, -0.05) is 37.3 Å². The lowest BCUT2D eigenvalue weighted by Gasteiger charge is -2.39. The fraction of sp³-hybridized carbons (Fsp3) is 0.438. The van der Waals surface area contributed by atoms with Crippen molar-refractivity contribution in [1.29, 1.82) is 0 Å². The van der Waals surface area contributed by atoms with Crippen LogP contribution in [0.25, 0.3) is 0 Å². The van der Waals surface area contributed by atoms with Gasteiger partial charge in [-0.3, -0.25) is 14.7 Å². The third-order valence-electron chi connectivity index (χ3n) is 8.22. The summed E-state index contributed by atoms with van der Waals surface area (Å²) >= 11 is 0. The van der Waals surface area contributed by atoms with Crippen LogP contribution in [-0.2, 0) is 13.0 Å². The Morgan fingerprint density at radius 1 is 0.974 bits per heavy atom. The maximum absolute atomic E-state index is 13.2. The highest BCUT2D eigenvalue weighted by Gasteiger charge is 2.33. The van der Waals surface area contributed by atoms with Gasteiger partial charge in [0.25, 0.3) is 5.91 Å². The number of pyridine rings is 1. The number of amides is 1. The number of aromatic nitrogens is 1. The van der Waals surface area contributed by atoms with Gasteiger partial charge in [0.15, 0.2) is 11.5 Å². The maximum atomic E-state index is 13.2. The van der Waals surface area contributed by atoms with Crippen LogP contribution in [0.3, 0.4) is 0 Å². The molecule has 7 heteroatoms. The van der Waals surface area contributed by atoms with Crippen molar-refractivity contribution >= 4 is 5.91 Å². The van der Waals surface area contributed by atoms with E-state index < -0.39 is 0 Å². The molecule has 0 saturated carbocycles. The van der Waals surface area contributed by atoms with Gasteiger partial charge in [0, 0.05) is 57.4 Å². The SMILES string of the molecule is CCc1ccc(COc2ccc(C3CN(C(=O)c4cc(C(C)N5CCN(C)CC5)ccn4)C3)cc2OC)cc1. The third kappa shape index (κ3) is 6.26. The number of piperazine rings is 1. The van der Waals surface area contributed by atoms with Crippen LogP contribution in [0.5, 0.6) is 11.5 Å². The van der Waals surface area contributed by atoms with Crippen LogP contribution < -0.4 is 9.47 Å². The molecule has 2 saturated heterocycles. The van der Waals surface area contributed by atoms with Crippen molar-refractivity contribution in [3.8, 4) is 11.5 Å². The molecule has 0 bridgehead atoms. The molecule has 2 aliphatic heterocycles. The minimum absolute atomic E-state index is 0.000289. The normalized spacial score (nSPS) is 17.5. The first-order valence-electron chi connectivity index (χ1n) is 14.0. The predicted octanol–water partition coefficient (Wildman–Crippen LogP) is 4.78. The van der Waals surface area contributed by atoms with Gasteiger partial charge in [0.1, 0.15) is 12.3 Å². The Kier molecular flexibility index (Phi) is 8.48. The van der Waals surface area contributed by atoms with Crippen molar-refractivity contribution in [1.82, 2.24) is 19.7 Å². The highest BCUT2D eigenvalue weighted by atomic mass is 16.5. The Morgan fingerprint density at radius 2 is 1.69 bits per heavy atom. The molecule has 3 heterocycles. The molecule has 2 fully saturated rings. The van der Waals surface area contributed by atoms with Gasteiger partial charge >= 0.3 is 0 Å². The van der Waals surface area contributed by atoms with E-state index in [2.05, 4.69) is 66.0 Å². The van der Waals surface area contributed by atoms with Crippen LogP contribution in [0.15, 0.2) is 60.8 Å². The summed E-state index contributed by atoms with van der Waals surface area (Å²) in [5, 5.41) is 0. The molecular formula is C32H40N4O3. The second kappa shape index (κ2) is 12.2. The summed E-state index contributed by atoms with van der Waals surface area (Å²) in [6, 6.07) is 18.9. The van der Waals surface area contributed by atoms with Crippen molar-refractivity contribution in [3.05, 3.63) is 88.7 Å². The number of nitrogens with zero attached hydrogens (tertiary/aromatic N) is 4. The average Bonchev–Trinajstić information content (AvgIpc) is 2.95. The number of benzene rings is 2. The van der Waals surface area contributed by atoms with Gasteiger partial charge in [-0.25, -0.2) is 0 Å². The van der Waals surface area contributed by atoms with Gasteiger partial charge < -0.3 is 19.3 Å². The third-order valence-corrected chi connectivity index (χ3v) is 8.22. The predicted molar refractivity (Wildman–Crippen MR) is 154 cm³/mol. The van der Waals surface area contributed by atoms with Crippen molar-refractivity contribution in [3.63, 3.8) is 0 Å². The smallest absolute Gasteiger partial charge is 0.272 e. The number of aryl methyl sites for hydroxylation is 1. The Labute approximate surface area is 232 Å². The Morgan fingerprint density at radius 3 is 2.38 bits per heavy atom. The first-order chi connectivity index (χ1) is 18.9. The lowest BCUT2D eigenvalue weighted by Crippen LogP contribution is -2.48. The molecule has 206 valence electrons. The number of rotatable bonds is 9. The van der Waals surface area contributed by atoms with Crippen LogP contribution in [0.4, 0.5) is 0 Å². The summed E-state index contributed by atoms with van der Waals surface area (Å²) in [5.41, 5.74) is 5.28. The van der Waals surface area contributed by atoms with E-state index in [1.807, 2.05) is 29.2 Å². The number of methoxy groups -OCH3 is 1. The van der Waals surface area contributed by atoms with E-state index in [1.165, 1.54) is 5.56 Å². The largest absolute Gasteiger partial charge is 0.493 e. The van der Waals surface area contributed by atoms with Crippen LogP contribution in [0, 0.1) is 0 Å². The van der Waals surface area contributed by atoms with Gasteiger partial charge in [-0.2, -0.15) is 0 Å². The Balaban J connectivity index is 1.17. The lowest BCUT2D eigenvalue weighted by atomic mass is 9.90. The van der Waals surface area contributed by atoms with E-state index in [0.29, 0.717) is 25.4 Å². The van der Waals surface area contributed by atoms with Crippen molar-refractivity contribution in [2.24, 2.45) is 0 Å². The molecule has 2 aliphatic rings. The minimum atomic E-state index is -0.000289. The first kappa shape index (κ1) is 27.2. The molecule has 0 spiro atoms. The molecule has 3 aromatic rings. The molecule has 1 atom stereocenters. The van der Waals surface area contributed by atoms with E-state index >= 15 is 0 Å². The molecule has 1 aromatic heterocycles. The average molecular weight is 529 g/mol. The molecule has 39 heavy (non-hydrogen) atoms. The van der Waals surface area contributed by atoms with Gasteiger partial charge in [0.05, 0.1) is 7.11 Å². The summed E-state index contributed by atoms with van der Waals surface area (Å²) in [4.78, 5) is 24.4. The molecule has 0 aliphatic carbocycles. The Hall–Kier alpha value is -3.42. The summed E-state index contributed by atoms with van der Waals surface area (Å²) in [5.74, 6) is 1.71. The van der Waals surface area contributed by atoms with E-state index in [9.17, 15) is 4.79 Å². The van der Waals surface area contributed by atoms with Crippen LogP contribution in [0.1, 0.15) is 58.5 Å². The zero-order valence-corrected chi connectivity index (χ0v) is 23.6. The summed E-state index contributed by atoms with van der Waals surface area (Å²) in [7, 11) is 3.83. The van der Waals surface area contributed by atoms with E-state index in [4.69, 9.17) is 9.47 Å². The number of hydrogen-bond donors (Lipinski definition) is 0. The van der Waals surface area contributed by atoms with Gasteiger partial charge in [-0.05, 0) is 66.9 Å². The zero-order chi connectivity index (χ0) is 27.4. The number of ether oxygens (including phenoxy) is 2. The number of hydrogen-bond acceptors (Lipinski definition) is 6. The fourth-order valence-electron chi connectivity index (χ4n) is 5.35. The Bertz CT molecular complexity index is 1260. The van der Waals surface area contributed by atoms with Crippen LogP contribution in [-0.4, -0.2) is 79.0 Å². The van der Waals surface area contributed by atoms with E-state index in [-0.39, 0.29) is 17.9 Å². The molecule has 0 radical (unpaired) electrons. The molecule has 0 N–H and O–H groups in total. The van der Waals surface area contributed by atoms with Gasteiger partial charge in [-0.15, -0.1) is 0 Å². The molecule has 5 rings (SSSR count). The monoisotopic (exact) mass is 528 g/mol. The molecule has 2 aromatic carbocycles. The number of carbonyl (C=O) groups excluding carboxylic acids is 1. The molecule has 7 nitrogen and oxygen atoms in total. The second-order valence-electron chi connectivity index (χ2n) is 10.8.